The third-order valence-corrected chi connectivity index (χ3v) is 4.70. The third kappa shape index (κ3) is 4.05. The predicted octanol–water partition coefficient (Wildman–Crippen LogP) is 4.39. The average Bonchev–Trinajstić information content (AvgIpc) is 2.67. The highest BCUT2D eigenvalue weighted by atomic mass is 35.5. The van der Waals surface area contributed by atoms with Gasteiger partial charge in [-0.1, -0.05) is 48.0 Å². The Bertz CT molecular complexity index is 771. The molecule has 0 aromatic heterocycles. The minimum Gasteiger partial charge on any atom is -0.444 e. The summed E-state index contributed by atoms with van der Waals surface area (Å²) in [4.78, 5) is 27.2. The molecule has 0 radical (unpaired) electrons. The second-order valence-electron chi connectivity index (χ2n) is 6.18. The smallest absolute Gasteiger partial charge is 0.343 e. The summed E-state index contributed by atoms with van der Waals surface area (Å²) in [6, 6.07) is 12.7. The molecule has 0 N–H and O–H groups in total. The highest BCUT2D eigenvalue weighted by Crippen LogP contribution is 2.27. The molecule has 0 aliphatic carbocycles. The molecule has 1 amide bonds. The second-order valence-corrected chi connectivity index (χ2v) is 6.59. The normalized spacial score (nSPS) is 15.4. The lowest BCUT2D eigenvalue weighted by atomic mass is 10.1. The number of rotatable bonds is 4. The van der Waals surface area contributed by atoms with Crippen LogP contribution in [0.4, 0.5) is 4.39 Å². The molecule has 0 saturated carbocycles. The first-order chi connectivity index (χ1) is 12.6. The minimum atomic E-state index is -1.13. The summed E-state index contributed by atoms with van der Waals surface area (Å²) in [5, 5.41) is -0.0489. The average molecular weight is 376 g/mol. The van der Waals surface area contributed by atoms with Crippen molar-refractivity contribution in [2.45, 2.75) is 25.4 Å². The van der Waals surface area contributed by atoms with E-state index < -0.39 is 17.9 Å². The number of carbonyl (C=O) groups excluding carboxylic acids is 2. The molecule has 0 bridgehead atoms. The molecule has 1 aliphatic heterocycles. The monoisotopic (exact) mass is 375 g/mol. The fourth-order valence-corrected chi connectivity index (χ4v) is 3.27. The van der Waals surface area contributed by atoms with Gasteiger partial charge in [-0.05, 0) is 31.4 Å². The van der Waals surface area contributed by atoms with E-state index in [2.05, 4.69) is 0 Å². The maximum absolute atomic E-state index is 14.0. The highest BCUT2D eigenvalue weighted by molar-refractivity contribution is 6.33. The van der Waals surface area contributed by atoms with Gasteiger partial charge in [0.1, 0.15) is 11.4 Å². The maximum Gasteiger partial charge on any atom is 0.343 e. The van der Waals surface area contributed by atoms with E-state index in [1.807, 2.05) is 6.07 Å². The molecule has 4 nitrogen and oxygen atoms in total. The van der Waals surface area contributed by atoms with Crippen molar-refractivity contribution in [3.63, 3.8) is 0 Å². The lowest BCUT2D eigenvalue weighted by Crippen LogP contribution is -2.40. The van der Waals surface area contributed by atoms with Crippen molar-refractivity contribution in [1.82, 2.24) is 4.90 Å². The number of likely N-dealkylation sites (tertiary alicyclic amines) is 1. The van der Waals surface area contributed by atoms with Crippen molar-refractivity contribution in [3.8, 4) is 0 Å². The Hall–Kier alpha value is -2.40. The number of amides is 1. The standard InChI is InChI=1S/C20H19ClFNO3/c21-15-10-7-11-16(22)17(15)20(25)26-18(14-8-3-1-4-9-14)19(24)23-12-5-2-6-13-23/h1,3-4,7-11,18H,2,5-6,12-13H2/t18-/m0/s1. The minimum absolute atomic E-state index is 0.0489. The van der Waals surface area contributed by atoms with Gasteiger partial charge in [-0.2, -0.15) is 0 Å². The Labute approximate surface area is 156 Å². The number of carbonyl (C=O) groups is 2. The molecule has 1 aliphatic rings. The molecule has 26 heavy (non-hydrogen) atoms. The zero-order valence-electron chi connectivity index (χ0n) is 14.2. The van der Waals surface area contributed by atoms with E-state index in [4.69, 9.17) is 16.3 Å². The molecule has 1 fully saturated rings. The lowest BCUT2D eigenvalue weighted by molar-refractivity contribution is -0.142. The van der Waals surface area contributed by atoms with Crippen LogP contribution < -0.4 is 0 Å². The van der Waals surface area contributed by atoms with Gasteiger partial charge in [0, 0.05) is 18.7 Å². The van der Waals surface area contributed by atoms with Gasteiger partial charge in [0.05, 0.1) is 5.02 Å². The SMILES string of the molecule is O=C(O[C@H](C(=O)N1CCCCC1)c1ccccc1)c1c(F)cccc1Cl. The van der Waals surface area contributed by atoms with Crippen LogP contribution in [-0.2, 0) is 9.53 Å². The summed E-state index contributed by atoms with van der Waals surface area (Å²) in [6.45, 7) is 1.25. The van der Waals surface area contributed by atoms with Crippen LogP contribution in [0.15, 0.2) is 48.5 Å². The van der Waals surface area contributed by atoms with Crippen LogP contribution in [0.1, 0.15) is 41.3 Å². The zero-order chi connectivity index (χ0) is 18.5. The summed E-state index contributed by atoms with van der Waals surface area (Å²) in [5.41, 5.74) is 0.186. The molecule has 2 aromatic rings. The van der Waals surface area contributed by atoms with Crippen molar-refractivity contribution in [2.75, 3.05) is 13.1 Å². The highest BCUT2D eigenvalue weighted by Gasteiger charge is 2.31. The molecule has 0 spiro atoms. The van der Waals surface area contributed by atoms with E-state index >= 15 is 0 Å². The van der Waals surface area contributed by atoms with E-state index in [-0.39, 0.29) is 16.5 Å². The van der Waals surface area contributed by atoms with Crippen molar-refractivity contribution in [2.24, 2.45) is 0 Å². The van der Waals surface area contributed by atoms with Gasteiger partial charge in [0.15, 0.2) is 0 Å². The summed E-state index contributed by atoms with van der Waals surface area (Å²) in [5.74, 6) is -2.02. The quantitative estimate of drug-likeness (QED) is 0.744. The molecule has 1 heterocycles. The number of nitrogens with zero attached hydrogens (tertiary/aromatic N) is 1. The van der Waals surface area contributed by atoms with E-state index in [1.165, 1.54) is 12.1 Å². The van der Waals surface area contributed by atoms with Gasteiger partial charge in [-0.25, -0.2) is 9.18 Å². The second kappa shape index (κ2) is 8.32. The number of halogens is 2. The van der Waals surface area contributed by atoms with Crippen molar-refractivity contribution >= 4 is 23.5 Å². The molecule has 6 heteroatoms. The Kier molecular flexibility index (Phi) is 5.89. The van der Waals surface area contributed by atoms with Crippen LogP contribution in [0.2, 0.25) is 5.02 Å². The topological polar surface area (TPSA) is 46.6 Å². The van der Waals surface area contributed by atoms with E-state index in [9.17, 15) is 14.0 Å². The van der Waals surface area contributed by atoms with Crippen LogP contribution in [0.3, 0.4) is 0 Å². The van der Waals surface area contributed by atoms with Crippen LogP contribution in [-0.4, -0.2) is 29.9 Å². The van der Waals surface area contributed by atoms with Crippen LogP contribution >= 0.6 is 11.6 Å². The van der Waals surface area contributed by atoms with E-state index in [0.717, 1.165) is 25.3 Å². The summed E-state index contributed by atoms with van der Waals surface area (Å²) in [6.07, 6.45) is 1.78. The Morgan fingerprint density at radius 2 is 1.69 bits per heavy atom. The first kappa shape index (κ1) is 18.4. The number of benzene rings is 2. The molecular weight excluding hydrogens is 357 g/mol. The number of hydrogen-bond donors (Lipinski definition) is 0. The van der Waals surface area contributed by atoms with Gasteiger partial charge in [0.2, 0.25) is 6.10 Å². The summed E-state index contributed by atoms with van der Waals surface area (Å²) >= 11 is 5.95. The maximum atomic E-state index is 14.0. The molecular formula is C20H19ClFNO3. The first-order valence-corrected chi connectivity index (χ1v) is 8.94. The predicted molar refractivity (Wildman–Crippen MR) is 96.4 cm³/mol. The van der Waals surface area contributed by atoms with Crippen molar-refractivity contribution in [3.05, 3.63) is 70.5 Å². The molecule has 2 aromatic carbocycles. The van der Waals surface area contributed by atoms with Gasteiger partial charge >= 0.3 is 5.97 Å². The van der Waals surface area contributed by atoms with Crippen molar-refractivity contribution < 1.29 is 18.7 Å². The molecule has 3 rings (SSSR count). The number of piperidine rings is 1. The fraction of sp³-hybridized carbons (Fsp3) is 0.300. The molecule has 1 saturated heterocycles. The zero-order valence-corrected chi connectivity index (χ0v) is 14.9. The van der Waals surface area contributed by atoms with E-state index in [1.54, 1.807) is 29.2 Å². The lowest BCUT2D eigenvalue weighted by Gasteiger charge is -2.30. The van der Waals surface area contributed by atoms with E-state index in [0.29, 0.717) is 18.7 Å². The molecule has 0 unspecified atom stereocenters. The van der Waals surface area contributed by atoms with Crippen LogP contribution in [0, 0.1) is 5.82 Å². The van der Waals surface area contributed by atoms with Gasteiger partial charge in [0.25, 0.3) is 5.91 Å². The number of esters is 1. The van der Waals surface area contributed by atoms with Crippen LogP contribution in [0.5, 0.6) is 0 Å². The number of ether oxygens (including phenoxy) is 1. The third-order valence-electron chi connectivity index (χ3n) is 4.39. The molecule has 136 valence electrons. The largest absolute Gasteiger partial charge is 0.444 e. The first-order valence-electron chi connectivity index (χ1n) is 8.56. The van der Waals surface area contributed by atoms with Crippen molar-refractivity contribution in [1.29, 1.82) is 0 Å². The summed E-state index contributed by atoms with van der Waals surface area (Å²) < 4.78 is 19.5. The van der Waals surface area contributed by atoms with Crippen LogP contribution in [0.25, 0.3) is 0 Å². The fourth-order valence-electron chi connectivity index (χ4n) is 3.03. The van der Waals surface area contributed by atoms with Gasteiger partial charge < -0.3 is 9.64 Å². The number of hydrogen-bond acceptors (Lipinski definition) is 3. The molecule has 1 atom stereocenters. The Morgan fingerprint density at radius 1 is 1.00 bits per heavy atom. The summed E-state index contributed by atoms with van der Waals surface area (Å²) in [7, 11) is 0. The Morgan fingerprint density at radius 3 is 2.35 bits per heavy atom. The van der Waals surface area contributed by atoms with Gasteiger partial charge in [-0.3, -0.25) is 4.79 Å². The van der Waals surface area contributed by atoms with Gasteiger partial charge in [-0.15, -0.1) is 0 Å². The Balaban J connectivity index is 1.88.